The molecule has 0 aromatic heterocycles. The summed E-state index contributed by atoms with van der Waals surface area (Å²) in [6, 6.07) is 0. The second kappa shape index (κ2) is 6.93. The van der Waals surface area contributed by atoms with Crippen LogP contribution in [0.4, 0.5) is 0 Å². The van der Waals surface area contributed by atoms with Gasteiger partial charge in [-0.1, -0.05) is 23.2 Å². The first-order valence-corrected chi connectivity index (χ1v) is 3.45. The average molecular weight is 183 g/mol. The largest absolute Gasteiger partial charge is 0.496 e. The Morgan fingerprint density at radius 3 is 2.80 bits per heavy atom. The van der Waals surface area contributed by atoms with Crippen molar-refractivity contribution in [2.75, 3.05) is 13.2 Å². The Balaban J connectivity index is 3.33. The highest BCUT2D eigenvalue weighted by Crippen LogP contribution is 1.98. The fourth-order valence-electron chi connectivity index (χ4n) is 0.268. The number of ether oxygens (including phenoxy) is 1. The summed E-state index contributed by atoms with van der Waals surface area (Å²) in [5.74, 6) is 0. The molecule has 0 saturated heterocycles. The highest BCUT2D eigenvalue weighted by molar-refractivity contribution is 6.29. The van der Waals surface area contributed by atoms with Crippen LogP contribution in [0.25, 0.3) is 0 Å². The van der Waals surface area contributed by atoms with Gasteiger partial charge in [-0.15, -0.1) is 0 Å². The molecule has 0 fully saturated rings. The van der Waals surface area contributed by atoms with Gasteiger partial charge in [0.25, 0.3) is 0 Å². The fraction of sp³-hybridized carbons (Fsp3) is 0.333. The number of aliphatic hydroxyl groups excluding tert-OH is 1. The highest BCUT2D eigenvalue weighted by atomic mass is 35.5. The molecule has 10 heavy (non-hydrogen) atoms. The zero-order chi connectivity index (χ0) is 7.82. The van der Waals surface area contributed by atoms with Gasteiger partial charge in [-0.25, -0.2) is 0 Å². The lowest BCUT2D eigenvalue weighted by molar-refractivity contribution is 0.277. The molecule has 0 saturated carbocycles. The van der Waals surface area contributed by atoms with Crippen molar-refractivity contribution in [2.24, 2.45) is 0 Å². The van der Waals surface area contributed by atoms with Crippen LogP contribution in [-0.2, 0) is 4.74 Å². The monoisotopic (exact) mass is 182 g/mol. The van der Waals surface area contributed by atoms with Gasteiger partial charge in [-0.05, 0) is 6.08 Å². The van der Waals surface area contributed by atoms with Gasteiger partial charge >= 0.3 is 0 Å². The van der Waals surface area contributed by atoms with E-state index in [0.29, 0.717) is 6.61 Å². The molecule has 0 aromatic rings. The summed E-state index contributed by atoms with van der Waals surface area (Å²) in [6.45, 7) is 0.159. The van der Waals surface area contributed by atoms with Crippen LogP contribution >= 0.6 is 23.2 Å². The molecule has 0 aliphatic heterocycles. The molecule has 2 nitrogen and oxygen atoms in total. The SMILES string of the molecule is OCC(Cl)=COCC=CCl. The van der Waals surface area contributed by atoms with Crippen LogP contribution in [0, 0.1) is 0 Å². The number of rotatable bonds is 4. The van der Waals surface area contributed by atoms with Crippen LogP contribution in [-0.4, -0.2) is 18.3 Å². The van der Waals surface area contributed by atoms with Crippen molar-refractivity contribution in [3.8, 4) is 0 Å². The van der Waals surface area contributed by atoms with Crippen molar-refractivity contribution in [1.82, 2.24) is 0 Å². The molecule has 0 atom stereocenters. The maximum Gasteiger partial charge on any atom is 0.107 e. The predicted octanol–water partition coefficient (Wildman–Crippen LogP) is 1.83. The van der Waals surface area contributed by atoms with Crippen LogP contribution in [0.15, 0.2) is 22.9 Å². The molecule has 0 spiro atoms. The van der Waals surface area contributed by atoms with Crippen molar-refractivity contribution in [3.63, 3.8) is 0 Å². The Bertz CT molecular complexity index is 132. The Kier molecular flexibility index (Phi) is 6.81. The molecular formula is C6H8Cl2O2. The lowest BCUT2D eigenvalue weighted by atomic mass is 10.6. The third-order valence-electron chi connectivity index (χ3n) is 0.644. The molecular weight excluding hydrogens is 175 g/mol. The predicted molar refractivity (Wildman–Crippen MR) is 42.0 cm³/mol. The molecule has 58 valence electrons. The van der Waals surface area contributed by atoms with E-state index >= 15 is 0 Å². The molecule has 1 N–H and O–H groups in total. The molecule has 4 heteroatoms. The second-order valence-corrected chi connectivity index (χ2v) is 2.16. The average Bonchev–Trinajstić information content (AvgIpc) is 1.98. The van der Waals surface area contributed by atoms with E-state index < -0.39 is 0 Å². The molecule has 0 bridgehead atoms. The summed E-state index contributed by atoms with van der Waals surface area (Å²) in [7, 11) is 0. The Hall–Kier alpha value is -0.180. The van der Waals surface area contributed by atoms with Crippen LogP contribution in [0.2, 0.25) is 0 Å². The zero-order valence-corrected chi connectivity index (χ0v) is 6.77. The molecule has 0 aromatic carbocycles. The molecule has 0 radical (unpaired) electrons. The van der Waals surface area contributed by atoms with Crippen LogP contribution in [0.3, 0.4) is 0 Å². The standard InChI is InChI=1S/C6H8Cl2O2/c7-2-1-3-10-5-6(8)4-9/h1-2,5,9H,3-4H2. The summed E-state index contributed by atoms with van der Waals surface area (Å²) in [5, 5.41) is 8.63. The van der Waals surface area contributed by atoms with E-state index in [1.54, 1.807) is 6.08 Å². The van der Waals surface area contributed by atoms with E-state index in [9.17, 15) is 0 Å². The van der Waals surface area contributed by atoms with Crippen molar-refractivity contribution < 1.29 is 9.84 Å². The zero-order valence-electron chi connectivity index (χ0n) is 5.26. The van der Waals surface area contributed by atoms with Gasteiger partial charge in [-0.2, -0.15) is 0 Å². The first kappa shape index (κ1) is 9.82. The lowest BCUT2D eigenvalue weighted by Gasteiger charge is -1.94. The number of hydrogen-bond donors (Lipinski definition) is 1. The second-order valence-electron chi connectivity index (χ2n) is 1.42. The van der Waals surface area contributed by atoms with Gasteiger partial charge in [0.2, 0.25) is 0 Å². The molecule has 0 aliphatic carbocycles. The molecule has 0 amide bonds. The minimum atomic E-state index is -0.202. The maximum absolute atomic E-state index is 8.37. The number of halogens is 2. The van der Waals surface area contributed by atoms with E-state index in [2.05, 4.69) is 0 Å². The van der Waals surface area contributed by atoms with Crippen LogP contribution in [0.5, 0.6) is 0 Å². The summed E-state index contributed by atoms with van der Waals surface area (Å²) in [5.41, 5.74) is 1.35. The fourth-order valence-corrected chi connectivity index (χ4v) is 0.403. The first-order valence-electron chi connectivity index (χ1n) is 2.63. The minimum absolute atomic E-state index is 0.202. The van der Waals surface area contributed by atoms with Gasteiger partial charge in [0, 0.05) is 5.54 Å². The maximum atomic E-state index is 8.37. The Morgan fingerprint density at radius 1 is 1.60 bits per heavy atom. The third-order valence-corrected chi connectivity index (χ3v) is 1.03. The summed E-state index contributed by atoms with van der Waals surface area (Å²) >= 11 is 10.6. The van der Waals surface area contributed by atoms with Gasteiger partial charge in [-0.3, -0.25) is 0 Å². The quantitative estimate of drug-likeness (QED) is 0.532. The Morgan fingerprint density at radius 2 is 2.30 bits per heavy atom. The van der Waals surface area contributed by atoms with Gasteiger partial charge in [0.05, 0.1) is 11.6 Å². The highest BCUT2D eigenvalue weighted by Gasteiger charge is 1.85. The van der Waals surface area contributed by atoms with E-state index in [1.807, 2.05) is 0 Å². The van der Waals surface area contributed by atoms with Crippen molar-refractivity contribution in [3.05, 3.63) is 22.9 Å². The van der Waals surface area contributed by atoms with E-state index in [4.69, 9.17) is 33.0 Å². The van der Waals surface area contributed by atoms with Crippen molar-refractivity contribution in [2.45, 2.75) is 0 Å². The van der Waals surface area contributed by atoms with E-state index in [1.165, 1.54) is 11.8 Å². The van der Waals surface area contributed by atoms with Gasteiger partial charge in [0.15, 0.2) is 0 Å². The minimum Gasteiger partial charge on any atom is -0.496 e. The van der Waals surface area contributed by atoms with Crippen LogP contribution in [0.1, 0.15) is 0 Å². The van der Waals surface area contributed by atoms with E-state index in [0.717, 1.165) is 0 Å². The normalized spacial score (nSPS) is 12.5. The molecule has 0 heterocycles. The Labute approximate surface area is 69.7 Å². The molecule has 0 rings (SSSR count). The van der Waals surface area contributed by atoms with Crippen molar-refractivity contribution in [1.29, 1.82) is 0 Å². The molecule has 0 unspecified atom stereocenters. The van der Waals surface area contributed by atoms with Gasteiger partial charge < -0.3 is 9.84 Å². The van der Waals surface area contributed by atoms with E-state index in [-0.39, 0.29) is 11.6 Å². The summed E-state index contributed by atoms with van der Waals surface area (Å²) in [4.78, 5) is 0. The molecule has 0 aliphatic rings. The third kappa shape index (κ3) is 5.95. The smallest absolute Gasteiger partial charge is 0.107 e. The van der Waals surface area contributed by atoms with Crippen molar-refractivity contribution >= 4 is 23.2 Å². The van der Waals surface area contributed by atoms with Gasteiger partial charge in [0.1, 0.15) is 12.9 Å². The summed E-state index contributed by atoms with van der Waals surface area (Å²) < 4.78 is 4.80. The van der Waals surface area contributed by atoms with Crippen LogP contribution < -0.4 is 0 Å². The lowest BCUT2D eigenvalue weighted by Crippen LogP contribution is -1.85. The number of aliphatic hydroxyl groups is 1. The number of hydrogen-bond acceptors (Lipinski definition) is 2. The first-order chi connectivity index (χ1) is 4.81. The topological polar surface area (TPSA) is 29.5 Å². The summed E-state index contributed by atoms with van der Waals surface area (Å²) in [6.07, 6.45) is 2.89.